The molecule has 2 fully saturated rings. The highest BCUT2D eigenvalue weighted by atomic mass is 35.5. The number of nitrogens with zero attached hydrogens (tertiary/aromatic N) is 7. The highest BCUT2D eigenvalue weighted by Gasteiger charge is 2.28. The summed E-state index contributed by atoms with van der Waals surface area (Å²) in [5, 5.41) is 17.0. The Balaban J connectivity index is 1.12. The number of piperidine rings is 1. The third-order valence-corrected chi connectivity index (χ3v) is 12.1. The Morgan fingerprint density at radius 2 is 1.75 bits per heavy atom. The maximum Gasteiger partial charge on any atom is 0.329 e. The van der Waals surface area contributed by atoms with Gasteiger partial charge in [-0.3, -0.25) is 19.9 Å². The molecular weight excluding hydrogens is 744 g/mol. The molecule has 6 rings (SSSR count). The van der Waals surface area contributed by atoms with E-state index in [2.05, 4.69) is 66.0 Å². The molecule has 2 saturated heterocycles. The summed E-state index contributed by atoms with van der Waals surface area (Å²) in [5.41, 5.74) is 3.98. The molecule has 17 heteroatoms. The van der Waals surface area contributed by atoms with E-state index in [9.17, 15) is 18.0 Å². The van der Waals surface area contributed by atoms with Crippen molar-refractivity contribution >= 4 is 68.0 Å². The molecule has 2 aliphatic heterocycles. The summed E-state index contributed by atoms with van der Waals surface area (Å²) in [6.45, 7) is 11.9. The monoisotopic (exact) mass is 790 g/mol. The van der Waals surface area contributed by atoms with Crippen LogP contribution < -0.4 is 30.5 Å². The fraction of sp³-hybridized carbons (Fsp3) is 0.421. The maximum atomic E-state index is 13.1. The summed E-state index contributed by atoms with van der Waals surface area (Å²) in [7, 11) is -1.48. The molecule has 0 aliphatic carbocycles. The first-order valence-corrected chi connectivity index (χ1v) is 20.2. The van der Waals surface area contributed by atoms with Crippen molar-refractivity contribution < 1.29 is 22.7 Å². The minimum absolute atomic E-state index is 0.100. The first-order chi connectivity index (χ1) is 26.2. The zero-order chi connectivity index (χ0) is 39.4. The van der Waals surface area contributed by atoms with Crippen LogP contribution in [0.25, 0.3) is 0 Å². The van der Waals surface area contributed by atoms with Gasteiger partial charge in [0.1, 0.15) is 10.8 Å². The van der Waals surface area contributed by atoms with Crippen LogP contribution in [0.3, 0.4) is 0 Å². The summed E-state index contributed by atoms with van der Waals surface area (Å²) in [6, 6.07) is 14.2. The van der Waals surface area contributed by atoms with Gasteiger partial charge in [-0.15, -0.1) is 5.10 Å². The van der Waals surface area contributed by atoms with Crippen LogP contribution in [0.2, 0.25) is 5.02 Å². The number of para-hydroxylation sites is 1. The minimum atomic E-state index is -3.57. The first kappa shape index (κ1) is 39.6. The molecule has 4 aromatic rings. The highest BCUT2D eigenvalue weighted by molar-refractivity contribution is 7.92. The number of halogens is 1. The zero-order valence-electron chi connectivity index (χ0n) is 31.8. The van der Waals surface area contributed by atoms with Crippen LogP contribution in [-0.2, 0) is 21.2 Å². The SMILES string of the molecule is Cc1cc(Nc2ncc(Cl)c(Nc3ccccc3S(=O)(=O)C(C)C)n2)c(OC(C)C)cc1N1CCC(N(C)Cc2ccc(N3CCC(=O)NC3=O)nn2)CC1. The van der Waals surface area contributed by atoms with Crippen LogP contribution in [0, 0.1) is 6.92 Å². The van der Waals surface area contributed by atoms with Crippen molar-refractivity contribution in [1.29, 1.82) is 0 Å². The predicted octanol–water partition coefficient (Wildman–Crippen LogP) is 6.23. The fourth-order valence-corrected chi connectivity index (χ4v) is 7.94. The van der Waals surface area contributed by atoms with Gasteiger partial charge in [0.15, 0.2) is 21.5 Å². The molecule has 4 heterocycles. The van der Waals surface area contributed by atoms with Gasteiger partial charge in [0.05, 0.1) is 39.5 Å². The Morgan fingerprint density at radius 1 is 1.00 bits per heavy atom. The van der Waals surface area contributed by atoms with Gasteiger partial charge in [0.25, 0.3) is 0 Å². The topological polar surface area (TPSA) is 175 Å². The molecule has 0 bridgehead atoms. The van der Waals surface area contributed by atoms with E-state index in [1.54, 1.807) is 44.2 Å². The molecule has 2 aromatic heterocycles. The van der Waals surface area contributed by atoms with Gasteiger partial charge in [-0.1, -0.05) is 23.7 Å². The largest absolute Gasteiger partial charge is 0.489 e. The van der Waals surface area contributed by atoms with E-state index in [4.69, 9.17) is 16.3 Å². The molecule has 0 radical (unpaired) electrons. The second-order valence-electron chi connectivity index (χ2n) is 14.3. The van der Waals surface area contributed by atoms with E-state index in [1.807, 2.05) is 26.0 Å². The molecule has 3 N–H and O–H groups in total. The molecule has 55 heavy (non-hydrogen) atoms. The molecule has 15 nitrogen and oxygen atoms in total. The highest BCUT2D eigenvalue weighted by Crippen LogP contribution is 2.38. The van der Waals surface area contributed by atoms with Crippen LogP contribution >= 0.6 is 11.6 Å². The van der Waals surface area contributed by atoms with Gasteiger partial charge >= 0.3 is 6.03 Å². The van der Waals surface area contributed by atoms with Crippen molar-refractivity contribution in [3.63, 3.8) is 0 Å². The summed E-state index contributed by atoms with van der Waals surface area (Å²) < 4.78 is 32.4. The first-order valence-electron chi connectivity index (χ1n) is 18.3. The quantitative estimate of drug-likeness (QED) is 0.139. The van der Waals surface area contributed by atoms with Crippen molar-refractivity contribution in [1.82, 2.24) is 30.4 Å². The number of urea groups is 1. The number of ether oxygens (including phenoxy) is 1. The molecular formula is C38H47ClN10O5S. The standard InChI is InChI=1S/C38H47ClN10O5S/c1-23(2)54-32-20-31(48-16-13-27(14-17-48)47(6)22-26-11-12-34(46-45-26)49-18-15-35(50)43-38(49)51)25(5)19-30(32)42-37-40-21-28(39)36(44-37)41-29-9-7-8-10-33(29)55(52,53)24(3)4/h7-12,19-21,23-24,27H,13-18,22H2,1-6H3,(H,43,50,51)(H2,40,41,42,44). The van der Waals surface area contributed by atoms with E-state index in [0.29, 0.717) is 35.5 Å². The van der Waals surface area contributed by atoms with Crippen molar-refractivity contribution in [3.8, 4) is 5.75 Å². The number of sulfone groups is 1. The molecule has 0 saturated carbocycles. The lowest BCUT2D eigenvalue weighted by Gasteiger charge is -2.38. The summed E-state index contributed by atoms with van der Waals surface area (Å²) in [5.74, 6) is 1.29. The van der Waals surface area contributed by atoms with E-state index in [-0.39, 0.29) is 46.7 Å². The number of aromatic nitrogens is 4. The third-order valence-electron chi connectivity index (χ3n) is 9.59. The lowest BCUT2D eigenvalue weighted by atomic mass is 10.0. The average Bonchev–Trinajstić information content (AvgIpc) is 3.14. The number of hydrogen-bond donors (Lipinski definition) is 3. The number of hydrogen-bond acceptors (Lipinski definition) is 13. The van der Waals surface area contributed by atoms with Crippen LogP contribution in [0.5, 0.6) is 5.75 Å². The van der Waals surface area contributed by atoms with Crippen LogP contribution in [0.4, 0.5) is 39.4 Å². The molecule has 2 aromatic carbocycles. The zero-order valence-corrected chi connectivity index (χ0v) is 33.4. The Hall–Kier alpha value is -5.06. The van der Waals surface area contributed by atoms with Crippen LogP contribution in [0.15, 0.2) is 59.6 Å². The summed E-state index contributed by atoms with van der Waals surface area (Å²) >= 11 is 6.49. The number of carbonyl (C=O) groups is 2. The second kappa shape index (κ2) is 16.8. The van der Waals surface area contributed by atoms with Crippen molar-refractivity contribution in [2.75, 3.05) is 47.1 Å². The second-order valence-corrected chi connectivity index (χ2v) is 17.2. The maximum absolute atomic E-state index is 13.1. The Kier molecular flexibility index (Phi) is 12.1. The Morgan fingerprint density at radius 3 is 2.42 bits per heavy atom. The molecule has 0 spiro atoms. The summed E-state index contributed by atoms with van der Waals surface area (Å²) in [6.07, 6.45) is 3.48. The van der Waals surface area contributed by atoms with Crippen molar-refractivity contribution in [3.05, 3.63) is 71.0 Å². The normalized spacial score (nSPS) is 15.5. The van der Waals surface area contributed by atoms with E-state index < -0.39 is 21.1 Å². The molecule has 0 unspecified atom stereocenters. The van der Waals surface area contributed by atoms with Gasteiger partial charge in [-0.2, -0.15) is 10.1 Å². The van der Waals surface area contributed by atoms with Crippen LogP contribution in [-0.4, -0.2) is 89.5 Å². The number of imide groups is 1. The lowest BCUT2D eigenvalue weighted by Crippen LogP contribution is -2.50. The number of anilines is 6. The van der Waals surface area contributed by atoms with Gasteiger partial charge in [-0.05, 0) is 90.4 Å². The van der Waals surface area contributed by atoms with Gasteiger partial charge in [-0.25, -0.2) is 18.2 Å². The number of amides is 3. The molecule has 3 amide bonds. The van der Waals surface area contributed by atoms with Gasteiger partial charge in [0.2, 0.25) is 11.9 Å². The number of aryl methyl sites for hydroxylation is 1. The number of benzene rings is 2. The lowest BCUT2D eigenvalue weighted by molar-refractivity contribution is -0.120. The van der Waals surface area contributed by atoms with Gasteiger partial charge in [0, 0.05) is 50.4 Å². The van der Waals surface area contributed by atoms with E-state index in [1.165, 1.54) is 11.1 Å². The number of carbonyl (C=O) groups excluding carboxylic acids is 2. The molecule has 0 atom stereocenters. The van der Waals surface area contributed by atoms with Crippen molar-refractivity contribution in [2.45, 2.75) is 82.7 Å². The van der Waals surface area contributed by atoms with Crippen molar-refractivity contribution in [2.24, 2.45) is 0 Å². The fourth-order valence-electron chi connectivity index (χ4n) is 6.60. The predicted molar refractivity (Wildman–Crippen MR) is 214 cm³/mol. The number of rotatable bonds is 13. The van der Waals surface area contributed by atoms with Crippen LogP contribution in [0.1, 0.15) is 58.2 Å². The smallest absolute Gasteiger partial charge is 0.329 e. The third kappa shape index (κ3) is 9.26. The molecule has 292 valence electrons. The number of nitrogens with one attached hydrogen (secondary N) is 3. The minimum Gasteiger partial charge on any atom is -0.489 e. The van der Waals surface area contributed by atoms with E-state index in [0.717, 1.165) is 42.9 Å². The van der Waals surface area contributed by atoms with Gasteiger partial charge < -0.3 is 20.3 Å². The molecule has 2 aliphatic rings. The Labute approximate surface area is 326 Å². The summed E-state index contributed by atoms with van der Waals surface area (Å²) in [4.78, 5) is 38.9. The van der Waals surface area contributed by atoms with E-state index >= 15 is 0 Å². The Bertz CT molecular complexity index is 2140. The average molecular weight is 791 g/mol.